The van der Waals surface area contributed by atoms with Crippen molar-refractivity contribution in [1.29, 1.82) is 5.26 Å². The van der Waals surface area contributed by atoms with Crippen LogP contribution in [-0.4, -0.2) is 13.2 Å². The van der Waals surface area contributed by atoms with Gasteiger partial charge in [0, 0.05) is 5.02 Å². The normalized spacial score (nSPS) is 16.6. The minimum atomic E-state index is -4.44. The van der Waals surface area contributed by atoms with E-state index < -0.39 is 17.8 Å². The number of nitrogens with zero attached hydrogens (tertiary/aromatic N) is 4. The van der Waals surface area contributed by atoms with Gasteiger partial charge >= 0.3 is 6.18 Å². The second-order valence-corrected chi connectivity index (χ2v) is 5.89. The first-order valence-corrected chi connectivity index (χ1v) is 7.91. The van der Waals surface area contributed by atoms with Crippen LogP contribution in [0.15, 0.2) is 52.8 Å². The molecule has 0 fully saturated rings. The number of ether oxygens (including phenoxy) is 1. The van der Waals surface area contributed by atoms with Crippen molar-refractivity contribution in [1.82, 2.24) is 0 Å². The van der Waals surface area contributed by atoms with Crippen LogP contribution in [0.5, 0.6) is 5.75 Å². The van der Waals surface area contributed by atoms with E-state index in [1.54, 1.807) is 24.3 Å². The highest BCUT2D eigenvalue weighted by molar-refractivity contribution is 6.30. The molecule has 2 aromatic rings. The fourth-order valence-corrected chi connectivity index (χ4v) is 2.77. The van der Waals surface area contributed by atoms with Crippen molar-refractivity contribution in [3.63, 3.8) is 0 Å². The average Bonchev–Trinajstić information content (AvgIpc) is 3.09. The van der Waals surface area contributed by atoms with E-state index in [4.69, 9.17) is 21.6 Å². The predicted octanol–water partition coefficient (Wildman–Crippen LogP) is 5.19. The average molecular weight is 381 g/mol. The van der Waals surface area contributed by atoms with E-state index in [1.165, 1.54) is 11.1 Å². The molecule has 1 aliphatic heterocycles. The van der Waals surface area contributed by atoms with Crippen LogP contribution in [0.4, 0.5) is 18.9 Å². The van der Waals surface area contributed by atoms with Gasteiger partial charge in [-0.3, -0.25) is 0 Å². The SMILES string of the molecule is N#CCOc1ccc(Cl)cc1N1N=NCC1c1cccc(C(F)(F)F)c1. The zero-order valence-electron chi connectivity index (χ0n) is 13.2. The lowest BCUT2D eigenvalue weighted by Crippen LogP contribution is -2.22. The van der Waals surface area contributed by atoms with Crippen LogP contribution >= 0.6 is 11.6 Å². The van der Waals surface area contributed by atoms with Crippen LogP contribution in [0, 0.1) is 11.3 Å². The Hall–Kier alpha value is -2.79. The smallest absolute Gasteiger partial charge is 0.416 e. The van der Waals surface area contributed by atoms with Gasteiger partial charge < -0.3 is 4.74 Å². The van der Waals surface area contributed by atoms with Gasteiger partial charge in [-0.1, -0.05) is 29.0 Å². The molecule has 1 heterocycles. The summed E-state index contributed by atoms with van der Waals surface area (Å²) < 4.78 is 44.4. The second-order valence-electron chi connectivity index (χ2n) is 5.46. The van der Waals surface area contributed by atoms with Crippen molar-refractivity contribution < 1.29 is 17.9 Å². The molecule has 26 heavy (non-hydrogen) atoms. The molecule has 0 amide bonds. The topological polar surface area (TPSA) is 61.0 Å². The van der Waals surface area contributed by atoms with Gasteiger partial charge in [0.1, 0.15) is 23.5 Å². The minimum absolute atomic E-state index is 0.186. The quantitative estimate of drug-likeness (QED) is 0.733. The van der Waals surface area contributed by atoms with E-state index >= 15 is 0 Å². The molecule has 0 radical (unpaired) electrons. The zero-order chi connectivity index (χ0) is 18.7. The van der Waals surface area contributed by atoms with Crippen molar-refractivity contribution >= 4 is 17.3 Å². The standard InChI is InChI=1S/C17H12ClF3N4O/c18-13-4-5-16(26-7-6-22)14(9-13)25-15(10-23-24-25)11-2-1-3-12(8-11)17(19,20)21/h1-5,8-9,15H,7,10H2. The Bertz CT molecular complexity index is 879. The summed E-state index contributed by atoms with van der Waals surface area (Å²) >= 11 is 6.04. The third kappa shape index (κ3) is 3.73. The lowest BCUT2D eigenvalue weighted by Gasteiger charge is -2.24. The number of halogens is 4. The van der Waals surface area contributed by atoms with E-state index in [1.807, 2.05) is 6.07 Å². The van der Waals surface area contributed by atoms with Crippen LogP contribution in [0.3, 0.4) is 0 Å². The third-order valence-corrected chi connectivity index (χ3v) is 4.00. The summed E-state index contributed by atoms with van der Waals surface area (Å²) in [6.07, 6.45) is -4.44. The van der Waals surface area contributed by atoms with Gasteiger partial charge in [-0.05, 0) is 35.9 Å². The van der Waals surface area contributed by atoms with Crippen molar-refractivity contribution in [3.8, 4) is 11.8 Å². The van der Waals surface area contributed by atoms with Crippen LogP contribution < -0.4 is 9.75 Å². The van der Waals surface area contributed by atoms with Gasteiger partial charge in [-0.2, -0.15) is 23.5 Å². The first-order chi connectivity index (χ1) is 12.4. The summed E-state index contributed by atoms with van der Waals surface area (Å²) in [7, 11) is 0. The molecule has 0 aromatic heterocycles. The molecule has 1 atom stereocenters. The molecular formula is C17H12ClF3N4O. The van der Waals surface area contributed by atoms with E-state index in [-0.39, 0.29) is 13.2 Å². The van der Waals surface area contributed by atoms with Gasteiger partial charge in [0.2, 0.25) is 0 Å². The zero-order valence-corrected chi connectivity index (χ0v) is 14.0. The van der Waals surface area contributed by atoms with E-state index in [0.717, 1.165) is 12.1 Å². The highest BCUT2D eigenvalue weighted by Gasteiger charge is 2.33. The van der Waals surface area contributed by atoms with Gasteiger partial charge in [0.25, 0.3) is 0 Å². The molecule has 5 nitrogen and oxygen atoms in total. The highest BCUT2D eigenvalue weighted by Crippen LogP contribution is 2.40. The van der Waals surface area contributed by atoms with Gasteiger partial charge in [-0.15, -0.1) is 0 Å². The maximum atomic E-state index is 13.0. The number of rotatable bonds is 4. The number of alkyl halides is 3. The number of nitriles is 1. The maximum Gasteiger partial charge on any atom is 0.416 e. The Morgan fingerprint density at radius 1 is 1.27 bits per heavy atom. The molecule has 0 N–H and O–H groups in total. The molecule has 134 valence electrons. The Kier molecular flexibility index (Phi) is 5.00. The fraction of sp³-hybridized carbons (Fsp3) is 0.235. The van der Waals surface area contributed by atoms with E-state index in [0.29, 0.717) is 22.0 Å². The lowest BCUT2D eigenvalue weighted by molar-refractivity contribution is -0.137. The second kappa shape index (κ2) is 7.22. The Morgan fingerprint density at radius 3 is 2.81 bits per heavy atom. The number of hydrogen-bond donors (Lipinski definition) is 0. The number of benzene rings is 2. The summed E-state index contributed by atoms with van der Waals surface area (Å²) in [6.45, 7) is -0.000640. The summed E-state index contributed by atoms with van der Waals surface area (Å²) in [5.41, 5.74) is 0.0985. The Labute approximate surface area is 152 Å². The van der Waals surface area contributed by atoms with E-state index in [2.05, 4.69) is 10.3 Å². The Balaban J connectivity index is 1.98. The summed E-state index contributed by atoms with van der Waals surface area (Å²) in [5, 5.41) is 18.5. The lowest BCUT2D eigenvalue weighted by atomic mass is 10.0. The van der Waals surface area contributed by atoms with Crippen LogP contribution in [0.1, 0.15) is 17.2 Å². The largest absolute Gasteiger partial charge is 0.477 e. The van der Waals surface area contributed by atoms with Crippen LogP contribution in [0.2, 0.25) is 5.02 Å². The molecule has 0 bridgehead atoms. The first kappa shape index (κ1) is 18.0. The van der Waals surface area contributed by atoms with Gasteiger partial charge in [0.15, 0.2) is 6.61 Å². The predicted molar refractivity (Wildman–Crippen MR) is 88.9 cm³/mol. The fourth-order valence-electron chi connectivity index (χ4n) is 2.61. The molecule has 1 unspecified atom stereocenters. The molecular weight excluding hydrogens is 369 g/mol. The first-order valence-electron chi connectivity index (χ1n) is 7.53. The summed E-state index contributed by atoms with van der Waals surface area (Å²) in [5.74, 6) is 0.341. The number of hydrogen-bond acceptors (Lipinski definition) is 5. The molecule has 0 saturated carbocycles. The monoisotopic (exact) mass is 380 g/mol. The number of anilines is 1. The molecule has 2 aromatic carbocycles. The molecule has 9 heteroatoms. The van der Waals surface area contributed by atoms with Crippen molar-refractivity contribution in [2.75, 3.05) is 18.2 Å². The van der Waals surface area contributed by atoms with Gasteiger partial charge in [-0.25, -0.2) is 5.01 Å². The van der Waals surface area contributed by atoms with E-state index in [9.17, 15) is 13.2 Å². The molecule has 3 rings (SSSR count). The summed E-state index contributed by atoms with van der Waals surface area (Å²) in [4.78, 5) is 0. The highest BCUT2D eigenvalue weighted by atomic mass is 35.5. The van der Waals surface area contributed by atoms with Gasteiger partial charge in [0.05, 0.1) is 12.1 Å². The summed E-state index contributed by atoms with van der Waals surface area (Å²) in [6, 6.07) is 11.1. The van der Waals surface area contributed by atoms with Crippen LogP contribution in [-0.2, 0) is 6.18 Å². The Morgan fingerprint density at radius 2 is 2.08 bits per heavy atom. The van der Waals surface area contributed by atoms with Crippen molar-refractivity contribution in [2.45, 2.75) is 12.2 Å². The van der Waals surface area contributed by atoms with Crippen molar-refractivity contribution in [2.24, 2.45) is 10.3 Å². The molecule has 1 aliphatic rings. The van der Waals surface area contributed by atoms with Crippen molar-refractivity contribution in [3.05, 3.63) is 58.6 Å². The maximum absolute atomic E-state index is 13.0. The molecule has 0 saturated heterocycles. The van der Waals surface area contributed by atoms with Crippen LogP contribution in [0.25, 0.3) is 0 Å². The minimum Gasteiger partial charge on any atom is -0.477 e. The third-order valence-electron chi connectivity index (χ3n) is 3.77. The molecule has 0 spiro atoms. The molecule has 0 aliphatic carbocycles.